The Morgan fingerprint density at radius 2 is 1.90 bits per heavy atom. The van der Waals surface area contributed by atoms with Crippen LogP contribution in [0.4, 0.5) is 0 Å². The summed E-state index contributed by atoms with van der Waals surface area (Å²) in [7, 11) is 0. The van der Waals surface area contributed by atoms with Gasteiger partial charge in [0.2, 0.25) is 0 Å². The third-order valence-corrected chi connectivity index (χ3v) is 4.36. The quantitative estimate of drug-likeness (QED) is 0.897. The SMILES string of the molecule is CCC1CNC(c2ccccc2)CN1CCC(C)(C)C. The summed E-state index contributed by atoms with van der Waals surface area (Å²) in [5.74, 6) is 0. The summed E-state index contributed by atoms with van der Waals surface area (Å²) in [6.07, 6.45) is 2.50. The van der Waals surface area contributed by atoms with Crippen molar-refractivity contribution < 1.29 is 0 Å². The molecule has 0 spiro atoms. The van der Waals surface area contributed by atoms with Gasteiger partial charge in [0.25, 0.3) is 0 Å². The lowest BCUT2D eigenvalue weighted by Gasteiger charge is -2.41. The zero-order chi connectivity index (χ0) is 14.6. The van der Waals surface area contributed by atoms with Gasteiger partial charge in [0.1, 0.15) is 0 Å². The van der Waals surface area contributed by atoms with E-state index >= 15 is 0 Å². The van der Waals surface area contributed by atoms with Crippen LogP contribution in [-0.4, -0.2) is 30.6 Å². The molecule has 1 aromatic rings. The highest BCUT2D eigenvalue weighted by Gasteiger charge is 2.28. The first-order chi connectivity index (χ1) is 9.49. The fourth-order valence-corrected chi connectivity index (χ4v) is 2.92. The van der Waals surface area contributed by atoms with Gasteiger partial charge in [-0.2, -0.15) is 0 Å². The van der Waals surface area contributed by atoms with Gasteiger partial charge in [-0.15, -0.1) is 0 Å². The molecule has 0 bridgehead atoms. The molecule has 2 unspecified atom stereocenters. The number of benzene rings is 1. The Hall–Kier alpha value is -0.860. The largest absolute Gasteiger partial charge is 0.307 e. The Kier molecular flexibility index (Phi) is 5.22. The maximum atomic E-state index is 3.72. The summed E-state index contributed by atoms with van der Waals surface area (Å²) < 4.78 is 0. The first-order valence-electron chi connectivity index (χ1n) is 8.02. The van der Waals surface area contributed by atoms with Gasteiger partial charge in [-0.3, -0.25) is 4.90 Å². The van der Waals surface area contributed by atoms with Crippen LogP contribution < -0.4 is 5.32 Å². The number of nitrogens with one attached hydrogen (secondary N) is 1. The molecule has 0 aromatic heterocycles. The maximum absolute atomic E-state index is 3.72. The van der Waals surface area contributed by atoms with Crippen molar-refractivity contribution >= 4 is 0 Å². The van der Waals surface area contributed by atoms with Crippen LogP contribution in [0.25, 0.3) is 0 Å². The number of piperazine rings is 1. The topological polar surface area (TPSA) is 15.3 Å². The fraction of sp³-hybridized carbons (Fsp3) is 0.667. The lowest BCUT2D eigenvalue weighted by atomic mass is 9.91. The third kappa shape index (κ3) is 4.32. The molecule has 1 aliphatic heterocycles. The van der Waals surface area contributed by atoms with Gasteiger partial charge in [-0.25, -0.2) is 0 Å². The van der Waals surface area contributed by atoms with Crippen LogP contribution in [-0.2, 0) is 0 Å². The summed E-state index contributed by atoms with van der Waals surface area (Å²) in [5.41, 5.74) is 1.84. The maximum Gasteiger partial charge on any atom is 0.0449 e. The van der Waals surface area contributed by atoms with Gasteiger partial charge in [0, 0.05) is 25.2 Å². The Morgan fingerprint density at radius 1 is 1.20 bits per heavy atom. The molecule has 0 radical (unpaired) electrons. The van der Waals surface area contributed by atoms with Crippen molar-refractivity contribution in [1.29, 1.82) is 0 Å². The highest BCUT2D eigenvalue weighted by Crippen LogP contribution is 2.24. The summed E-state index contributed by atoms with van der Waals surface area (Å²) >= 11 is 0. The Labute approximate surface area is 124 Å². The van der Waals surface area contributed by atoms with Gasteiger partial charge >= 0.3 is 0 Å². The molecule has 0 aliphatic carbocycles. The summed E-state index contributed by atoms with van der Waals surface area (Å²) in [6.45, 7) is 12.8. The molecular formula is C18H30N2. The summed E-state index contributed by atoms with van der Waals surface area (Å²) in [5, 5.41) is 3.72. The molecular weight excluding hydrogens is 244 g/mol. The van der Waals surface area contributed by atoms with Crippen LogP contribution >= 0.6 is 0 Å². The normalized spacial score (nSPS) is 24.8. The van der Waals surface area contributed by atoms with Gasteiger partial charge in [-0.1, -0.05) is 58.0 Å². The van der Waals surface area contributed by atoms with Gasteiger partial charge in [0.15, 0.2) is 0 Å². The minimum Gasteiger partial charge on any atom is -0.307 e. The second kappa shape index (κ2) is 6.73. The fourth-order valence-electron chi connectivity index (χ4n) is 2.92. The van der Waals surface area contributed by atoms with Crippen molar-refractivity contribution in [3.63, 3.8) is 0 Å². The van der Waals surface area contributed by atoms with E-state index in [-0.39, 0.29) is 0 Å². The van der Waals surface area contributed by atoms with Crippen molar-refractivity contribution in [3.8, 4) is 0 Å². The molecule has 1 saturated heterocycles. The average molecular weight is 274 g/mol. The van der Waals surface area contributed by atoms with E-state index in [2.05, 4.69) is 68.2 Å². The number of nitrogens with zero attached hydrogens (tertiary/aromatic N) is 1. The van der Waals surface area contributed by atoms with E-state index in [1.807, 2.05) is 0 Å². The molecule has 1 heterocycles. The van der Waals surface area contributed by atoms with E-state index < -0.39 is 0 Å². The van der Waals surface area contributed by atoms with Gasteiger partial charge in [0.05, 0.1) is 0 Å². The van der Waals surface area contributed by atoms with Crippen molar-refractivity contribution in [2.24, 2.45) is 5.41 Å². The minimum absolute atomic E-state index is 0.422. The highest BCUT2D eigenvalue weighted by molar-refractivity contribution is 5.20. The van der Waals surface area contributed by atoms with E-state index in [1.54, 1.807) is 0 Å². The predicted octanol–water partition coefficient (Wildman–Crippen LogP) is 3.85. The Balaban J connectivity index is 2.00. The van der Waals surface area contributed by atoms with E-state index in [1.165, 1.54) is 24.9 Å². The van der Waals surface area contributed by atoms with E-state index in [9.17, 15) is 0 Å². The molecule has 2 rings (SSSR count). The minimum atomic E-state index is 0.422. The number of hydrogen-bond donors (Lipinski definition) is 1. The molecule has 1 aliphatic rings. The van der Waals surface area contributed by atoms with Crippen LogP contribution in [0, 0.1) is 5.41 Å². The van der Waals surface area contributed by atoms with E-state index in [4.69, 9.17) is 0 Å². The molecule has 1 fully saturated rings. The molecule has 0 amide bonds. The second-order valence-corrected chi connectivity index (χ2v) is 7.24. The van der Waals surface area contributed by atoms with Crippen LogP contribution in [0.2, 0.25) is 0 Å². The standard InChI is InChI=1S/C18H30N2/c1-5-16-13-19-17(15-9-7-6-8-10-15)14-20(16)12-11-18(2,3)4/h6-10,16-17,19H,5,11-14H2,1-4H3. The third-order valence-electron chi connectivity index (χ3n) is 4.36. The van der Waals surface area contributed by atoms with Crippen molar-refractivity contribution in [2.45, 2.75) is 52.6 Å². The summed E-state index contributed by atoms with van der Waals surface area (Å²) in [6, 6.07) is 12.0. The van der Waals surface area contributed by atoms with Gasteiger partial charge in [-0.05, 0) is 30.4 Å². The molecule has 1 N–H and O–H groups in total. The molecule has 0 saturated carbocycles. The van der Waals surface area contributed by atoms with E-state index in [0.717, 1.165) is 13.1 Å². The first-order valence-corrected chi connectivity index (χ1v) is 8.02. The average Bonchev–Trinajstić information content (AvgIpc) is 2.45. The summed E-state index contributed by atoms with van der Waals surface area (Å²) in [4.78, 5) is 2.69. The highest BCUT2D eigenvalue weighted by atomic mass is 15.2. The molecule has 1 aromatic carbocycles. The van der Waals surface area contributed by atoms with Crippen LogP contribution in [0.3, 0.4) is 0 Å². The smallest absolute Gasteiger partial charge is 0.0449 e. The van der Waals surface area contributed by atoms with Gasteiger partial charge < -0.3 is 5.32 Å². The molecule has 2 nitrogen and oxygen atoms in total. The first kappa shape index (κ1) is 15.5. The zero-order valence-corrected chi connectivity index (χ0v) is 13.5. The van der Waals surface area contributed by atoms with E-state index in [0.29, 0.717) is 17.5 Å². The molecule has 20 heavy (non-hydrogen) atoms. The zero-order valence-electron chi connectivity index (χ0n) is 13.5. The van der Waals surface area contributed by atoms with Crippen LogP contribution in [0.15, 0.2) is 30.3 Å². The number of rotatable bonds is 4. The monoisotopic (exact) mass is 274 g/mol. The van der Waals surface area contributed by atoms with Crippen molar-refractivity contribution in [1.82, 2.24) is 10.2 Å². The lowest BCUT2D eigenvalue weighted by molar-refractivity contribution is 0.111. The van der Waals surface area contributed by atoms with Crippen LogP contribution in [0.1, 0.15) is 52.1 Å². The molecule has 112 valence electrons. The number of hydrogen-bond acceptors (Lipinski definition) is 2. The second-order valence-electron chi connectivity index (χ2n) is 7.24. The molecule has 2 heteroatoms. The molecule has 2 atom stereocenters. The van der Waals surface area contributed by atoms with Crippen molar-refractivity contribution in [2.75, 3.05) is 19.6 Å². The lowest BCUT2D eigenvalue weighted by Crippen LogP contribution is -2.53. The van der Waals surface area contributed by atoms with Crippen LogP contribution in [0.5, 0.6) is 0 Å². The van der Waals surface area contributed by atoms with Crippen molar-refractivity contribution in [3.05, 3.63) is 35.9 Å². The Bertz CT molecular complexity index is 394. The predicted molar refractivity (Wildman–Crippen MR) is 86.9 cm³/mol. The Morgan fingerprint density at radius 3 is 2.50 bits per heavy atom.